The molecule has 5 rings (SSSR count). The summed E-state index contributed by atoms with van der Waals surface area (Å²) in [7, 11) is 0. The first-order valence-electron chi connectivity index (χ1n) is 14.3. The third kappa shape index (κ3) is 5.48. The van der Waals surface area contributed by atoms with Gasteiger partial charge in [0, 0.05) is 23.7 Å². The number of carbonyl (C=O) groups excluding carboxylic acids is 2. The molecular weight excluding hydrogens is 508 g/mol. The molecule has 2 aromatic rings. The first-order chi connectivity index (χ1) is 19.4. The molecule has 0 radical (unpaired) electrons. The Bertz CT molecular complexity index is 1280. The number of amides is 2. The Labute approximate surface area is 234 Å². The van der Waals surface area contributed by atoms with Crippen molar-refractivity contribution in [2.45, 2.75) is 63.5 Å². The molecule has 1 aromatic heterocycles. The number of allylic oxidation sites excluding steroid dienone is 1. The highest BCUT2D eigenvalue weighted by molar-refractivity contribution is 6.06. The molecule has 0 bridgehead atoms. The summed E-state index contributed by atoms with van der Waals surface area (Å²) in [5, 5.41) is 42.6. The van der Waals surface area contributed by atoms with Crippen molar-refractivity contribution in [1.29, 1.82) is 0 Å². The molecule has 2 aliphatic carbocycles. The molecule has 1 saturated carbocycles. The van der Waals surface area contributed by atoms with Crippen LogP contribution in [0.15, 0.2) is 59.8 Å². The average Bonchev–Trinajstić information content (AvgIpc) is 3.24. The molecule has 2 heterocycles. The second-order valence-electron chi connectivity index (χ2n) is 11.2. The van der Waals surface area contributed by atoms with Gasteiger partial charge < -0.3 is 20.4 Å². The highest BCUT2D eigenvalue weighted by Gasteiger charge is 2.56. The van der Waals surface area contributed by atoms with Gasteiger partial charge in [-0.2, -0.15) is 0 Å². The summed E-state index contributed by atoms with van der Waals surface area (Å²) in [4.78, 5) is 33.0. The van der Waals surface area contributed by atoms with E-state index in [4.69, 9.17) is 0 Å². The molecule has 1 aromatic carbocycles. The Kier molecular flexibility index (Phi) is 8.78. The standard InChI is InChI=1S/C32H38N2O6/c35-18-22-17-24-30(32(40)34(31(24)39)23-9-2-1-3-10-23)25(19-36)29(22)28(38)14-13-20(26-11-6-7-15-33-26)16-21-8-4-5-12-27(21)37/h4-8,11-12,15-16,23-25,28,30,35-38H,1-3,9-10,13-14,17-19H2/b20-16-/t24-,25+,28-,30-/m1/s1. The van der Waals surface area contributed by atoms with Crippen molar-refractivity contribution in [3.63, 3.8) is 0 Å². The Morgan fingerprint density at radius 3 is 2.45 bits per heavy atom. The van der Waals surface area contributed by atoms with Gasteiger partial charge in [0.2, 0.25) is 11.8 Å². The summed E-state index contributed by atoms with van der Waals surface area (Å²) in [6.45, 7) is -0.743. The monoisotopic (exact) mass is 546 g/mol. The first kappa shape index (κ1) is 28.2. The van der Waals surface area contributed by atoms with E-state index < -0.39 is 30.5 Å². The molecule has 2 fully saturated rings. The van der Waals surface area contributed by atoms with Gasteiger partial charge in [0.05, 0.1) is 36.8 Å². The lowest BCUT2D eigenvalue weighted by Crippen LogP contribution is -2.42. The number of likely N-dealkylation sites (tertiary alicyclic amines) is 1. The number of rotatable bonds is 9. The quantitative estimate of drug-likeness (QED) is 0.279. The van der Waals surface area contributed by atoms with Gasteiger partial charge in [-0.25, -0.2) is 0 Å². The molecule has 8 heteroatoms. The fraction of sp³-hybridized carbons (Fsp3) is 0.469. The fourth-order valence-electron chi connectivity index (χ4n) is 6.90. The van der Waals surface area contributed by atoms with E-state index in [0.717, 1.165) is 37.7 Å². The summed E-state index contributed by atoms with van der Waals surface area (Å²) in [6, 6.07) is 12.4. The zero-order chi connectivity index (χ0) is 28.2. The number of phenols is 1. The van der Waals surface area contributed by atoms with E-state index in [9.17, 15) is 30.0 Å². The lowest BCUT2D eigenvalue weighted by Gasteiger charge is -2.36. The second kappa shape index (κ2) is 12.5. The molecule has 3 aliphatic rings. The molecule has 4 N–H and O–H groups in total. The minimum Gasteiger partial charge on any atom is -0.507 e. The highest BCUT2D eigenvalue weighted by Crippen LogP contribution is 2.47. The number of phenolic OH excluding ortho intramolecular Hbond substituents is 1. The summed E-state index contributed by atoms with van der Waals surface area (Å²) in [5.41, 5.74) is 3.14. The lowest BCUT2D eigenvalue weighted by molar-refractivity contribution is -0.143. The third-order valence-electron chi connectivity index (χ3n) is 8.85. The predicted molar refractivity (Wildman–Crippen MR) is 150 cm³/mol. The first-order valence-corrected chi connectivity index (χ1v) is 14.3. The summed E-state index contributed by atoms with van der Waals surface area (Å²) < 4.78 is 0. The van der Waals surface area contributed by atoms with Gasteiger partial charge in [-0.05, 0) is 73.1 Å². The van der Waals surface area contributed by atoms with Gasteiger partial charge in [-0.1, -0.05) is 43.5 Å². The van der Waals surface area contributed by atoms with E-state index >= 15 is 0 Å². The zero-order valence-corrected chi connectivity index (χ0v) is 22.7. The molecular formula is C32H38N2O6. The number of imide groups is 1. The van der Waals surface area contributed by atoms with Crippen LogP contribution >= 0.6 is 0 Å². The number of nitrogens with zero attached hydrogens (tertiary/aromatic N) is 2. The van der Waals surface area contributed by atoms with E-state index in [1.807, 2.05) is 30.3 Å². The van der Waals surface area contributed by atoms with Crippen LogP contribution in [-0.2, 0) is 9.59 Å². The smallest absolute Gasteiger partial charge is 0.234 e. The van der Waals surface area contributed by atoms with Crippen molar-refractivity contribution in [3.05, 3.63) is 71.1 Å². The maximum Gasteiger partial charge on any atom is 0.234 e. The number of benzene rings is 1. The molecule has 40 heavy (non-hydrogen) atoms. The van der Waals surface area contributed by atoms with Crippen LogP contribution in [0.4, 0.5) is 0 Å². The number of fused-ring (bicyclic) bond motifs is 1. The van der Waals surface area contributed by atoms with E-state index in [2.05, 4.69) is 4.98 Å². The summed E-state index contributed by atoms with van der Waals surface area (Å²) in [5.74, 6) is -2.41. The minimum absolute atomic E-state index is 0.106. The van der Waals surface area contributed by atoms with Crippen LogP contribution in [0.5, 0.6) is 5.75 Å². The summed E-state index contributed by atoms with van der Waals surface area (Å²) >= 11 is 0. The van der Waals surface area contributed by atoms with E-state index in [0.29, 0.717) is 28.8 Å². The lowest BCUT2D eigenvalue weighted by atomic mass is 9.68. The maximum absolute atomic E-state index is 13.7. The number of hydrogen-bond acceptors (Lipinski definition) is 7. The molecule has 0 spiro atoms. The molecule has 1 aliphatic heterocycles. The van der Waals surface area contributed by atoms with Gasteiger partial charge in [0.15, 0.2) is 0 Å². The van der Waals surface area contributed by atoms with Gasteiger partial charge in [-0.15, -0.1) is 0 Å². The topological polar surface area (TPSA) is 131 Å². The fourth-order valence-corrected chi connectivity index (χ4v) is 6.90. The number of aromatic nitrogens is 1. The number of hydrogen-bond donors (Lipinski definition) is 4. The highest BCUT2D eigenvalue weighted by atomic mass is 16.3. The Hall–Kier alpha value is -3.33. The van der Waals surface area contributed by atoms with Crippen molar-refractivity contribution >= 4 is 23.5 Å². The number of aromatic hydroxyl groups is 1. The predicted octanol–water partition coefficient (Wildman–Crippen LogP) is 3.70. The molecule has 1 saturated heterocycles. The van der Waals surface area contributed by atoms with Crippen LogP contribution in [0, 0.1) is 17.8 Å². The largest absolute Gasteiger partial charge is 0.507 e. The normalized spacial score (nSPS) is 24.9. The van der Waals surface area contributed by atoms with Crippen molar-refractivity contribution in [2.24, 2.45) is 17.8 Å². The van der Waals surface area contributed by atoms with E-state index in [1.54, 1.807) is 24.4 Å². The second-order valence-corrected chi connectivity index (χ2v) is 11.2. The van der Waals surface area contributed by atoms with Crippen molar-refractivity contribution in [2.75, 3.05) is 13.2 Å². The molecule has 2 amide bonds. The molecule has 4 atom stereocenters. The van der Waals surface area contributed by atoms with Gasteiger partial charge in [0.1, 0.15) is 5.75 Å². The van der Waals surface area contributed by atoms with Gasteiger partial charge in [-0.3, -0.25) is 19.5 Å². The number of aliphatic hydroxyl groups excluding tert-OH is 3. The number of aliphatic hydroxyl groups is 3. The molecule has 212 valence electrons. The Morgan fingerprint density at radius 1 is 1.02 bits per heavy atom. The van der Waals surface area contributed by atoms with Crippen molar-refractivity contribution in [1.82, 2.24) is 9.88 Å². The number of pyridine rings is 1. The van der Waals surface area contributed by atoms with Gasteiger partial charge in [0.25, 0.3) is 0 Å². The average molecular weight is 547 g/mol. The van der Waals surface area contributed by atoms with Crippen LogP contribution in [-0.4, -0.2) is 67.5 Å². The van der Waals surface area contributed by atoms with Crippen LogP contribution in [0.1, 0.15) is 62.6 Å². The zero-order valence-electron chi connectivity index (χ0n) is 22.7. The van der Waals surface area contributed by atoms with Crippen molar-refractivity contribution < 1.29 is 30.0 Å². The number of carbonyl (C=O) groups is 2. The number of para-hydroxylation sites is 1. The van der Waals surface area contributed by atoms with Crippen LogP contribution < -0.4 is 0 Å². The van der Waals surface area contributed by atoms with E-state index in [1.165, 1.54) is 4.90 Å². The Balaban J connectivity index is 1.41. The van der Waals surface area contributed by atoms with Crippen LogP contribution in [0.25, 0.3) is 11.6 Å². The SMILES string of the molecule is O=C1[C@@H]2[C@@H](CC(CO)=C([C@H](O)CC/C(=C/c3ccccc3O)c3ccccn3)[C@@H]2CO)C(=O)N1C1CCCCC1. The van der Waals surface area contributed by atoms with Crippen molar-refractivity contribution in [3.8, 4) is 5.75 Å². The van der Waals surface area contributed by atoms with Gasteiger partial charge >= 0.3 is 0 Å². The Morgan fingerprint density at radius 2 is 1.77 bits per heavy atom. The van der Waals surface area contributed by atoms with E-state index in [-0.39, 0.29) is 43.1 Å². The van der Waals surface area contributed by atoms with Crippen LogP contribution in [0.2, 0.25) is 0 Å². The van der Waals surface area contributed by atoms with Crippen LogP contribution in [0.3, 0.4) is 0 Å². The minimum atomic E-state index is -1.04. The summed E-state index contributed by atoms with van der Waals surface area (Å²) in [6.07, 6.45) is 8.00. The maximum atomic E-state index is 13.7. The molecule has 0 unspecified atom stereocenters. The molecule has 8 nitrogen and oxygen atoms in total. The third-order valence-corrected chi connectivity index (χ3v) is 8.85.